The molecule has 2 fully saturated rings. The molecule has 6 nitrogen and oxygen atoms in total. The second-order valence-corrected chi connectivity index (χ2v) is 4.85. The van der Waals surface area contributed by atoms with E-state index in [1.807, 2.05) is 0 Å². The van der Waals surface area contributed by atoms with Gasteiger partial charge in [-0.05, 0) is 0 Å². The van der Waals surface area contributed by atoms with Crippen molar-refractivity contribution in [3.63, 3.8) is 0 Å². The molecule has 0 saturated carbocycles. The summed E-state index contributed by atoms with van der Waals surface area (Å²) in [5.74, 6) is -0.782. The number of carboxylic acid groups (broad SMARTS) is 1. The van der Waals surface area contributed by atoms with E-state index < -0.39 is 5.97 Å². The normalized spacial score (nSPS) is 27.2. The van der Waals surface area contributed by atoms with Gasteiger partial charge in [-0.25, -0.2) is 0 Å². The Morgan fingerprint density at radius 3 is 2.50 bits per heavy atom. The van der Waals surface area contributed by atoms with E-state index in [1.54, 1.807) is 0 Å². The first-order valence-corrected chi connectivity index (χ1v) is 6.60. The van der Waals surface area contributed by atoms with E-state index in [0.717, 1.165) is 52.5 Å². The van der Waals surface area contributed by atoms with Gasteiger partial charge in [-0.1, -0.05) is 0 Å². The van der Waals surface area contributed by atoms with Crippen molar-refractivity contribution < 1.29 is 19.4 Å². The molecule has 2 aliphatic rings. The number of ether oxygens (including phenoxy) is 2. The summed E-state index contributed by atoms with van der Waals surface area (Å²) in [7, 11) is 0. The maximum absolute atomic E-state index is 10.7. The van der Waals surface area contributed by atoms with Crippen molar-refractivity contribution in [1.82, 2.24) is 9.80 Å². The topological polar surface area (TPSA) is 62.2 Å². The zero-order valence-electron chi connectivity index (χ0n) is 10.7. The summed E-state index contributed by atoms with van der Waals surface area (Å²) < 4.78 is 10.8. The largest absolute Gasteiger partial charge is 0.481 e. The highest BCUT2D eigenvalue weighted by Gasteiger charge is 2.23. The number of hydrogen-bond acceptors (Lipinski definition) is 5. The first-order chi connectivity index (χ1) is 8.74. The fraction of sp³-hybridized carbons (Fsp3) is 0.917. The van der Waals surface area contributed by atoms with Crippen LogP contribution >= 0.6 is 0 Å². The second kappa shape index (κ2) is 7.04. The number of hydrogen-bond donors (Lipinski definition) is 1. The van der Waals surface area contributed by atoms with Gasteiger partial charge in [0.05, 0.1) is 32.3 Å². The molecule has 6 heteroatoms. The molecule has 2 saturated heterocycles. The highest BCUT2D eigenvalue weighted by atomic mass is 16.5. The Morgan fingerprint density at radius 2 is 1.78 bits per heavy atom. The zero-order valence-corrected chi connectivity index (χ0v) is 10.7. The third-order valence-electron chi connectivity index (χ3n) is 3.46. The number of rotatable bonds is 5. The van der Waals surface area contributed by atoms with Crippen molar-refractivity contribution in [3.8, 4) is 0 Å². The highest BCUT2D eigenvalue weighted by Crippen LogP contribution is 2.09. The molecule has 0 bridgehead atoms. The molecule has 0 aromatic heterocycles. The Balaban J connectivity index is 1.67. The van der Waals surface area contributed by atoms with Crippen LogP contribution in [0.2, 0.25) is 0 Å². The molecule has 18 heavy (non-hydrogen) atoms. The molecule has 1 N–H and O–H groups in total. The van der Waals surface area contributed by atoms with Gasteiger partial charge in [0.1, 0.15) is 0 Å². The molecule has 2 rings (SSSR count). The van der Waals surface area contributed by atoms with E-state index in [1.165, 1.54) is 0 Å². The van der Waals surface area contributed by atoms with E-state index in [-0.39, 0.29) is 12.5 Å². The molecule has 0 spiro atoms. The lowest BCUT2D eigenvalue weighted by molar-refractivity contribution is -0.142. The van der Waals surface area contributed by atoms with Crippen LogP contribution < -0.4 is 0 Å². The number of aliphatic carboxylic acids is 1. The van der Waals surface area contributed by atoms with Gasteiger partial charge in [0.2, 0.25) is 0 Å². The SMILES string of the molecule is O=C(O)CC1CN(CCN2CCOCC2)CCO1. The molecule has 0 radical (unpaired) electrons. The molecule has 1 atom stereocenters. The van der Waals surface area contributed by atoms with Crippen LogP contribution in [0.1, 0.15) is 6.42 Å². The van der Waals surface area contributed by atoms with Gasteiger partial charge < -0.3 is 14.6 Å². The minimum atomic E-state index is -0.782. The molecular weight excluding hydrogens is 236 g/mol. The predicted molar refractivity (Wildman–Crippen MR) is 65.7 cm³/mol. The van der Waals surface area contributed by atoms with Crippen LogP contribution in [0.25, 0.3) is 0 Å². The van der Waals surface area contributed by atoms with Crippen molar-refractivity contribution in [2.24, 2.45) is 0 Å². The summed E-state index contributed by atoms with van der Waals surface area (Å²) in [5.41, 5.74) is 0. The van der Waals surface area contributed by atoms with Crippen LogP contribution in [0.3, 0.4) is 0 Å². The van der Waals surface area contributed by atoms with Crippen molar-refractivity contribution in [3.05, 3.63) is 0 Å². The summed E-state index contributed by atoms with van der Waals surface area (Å²) in [4.78, 5) is 15.4. The van der Waals surface area contributed by atoms with Crippen LogP contribution in [0.4, 0.5) is 0 Å². The van der Waals surface area contributed by atoms with E-state index >= 15 is 0 Å². The Bertz CT molecular complexity index is 269. The molecule has 0 aromatic carbocycles. The van der Waals surface area contributed by atoms with Crippen LogP contribution in [0.5, 0.6) is 0 Å². The summed E-state index contributed by atoms with van der Waals surface area (Å²) in [6, 6.07) is 0. The molecule has 0 aromatic rings. The standard InChI is InChI=1S/C12H22N2O4/c15-12(16)9-11-10-14(5-8-18-11)2-1-13-3-6-17-7-4-13/h11H,1-10H2,(H,15,16). The smallest absolute Gasteiger partial charge is 0.306 e. The van der Waals surface area contributed by atoms with Crippen LogP contribution in [0.15, 0.2) is 0 Å². The fourth-order valence-corrected chi connectivity index (χ4v) is 2.41. The fourth-order valence-electron chi connectivity index (χ4n) is 2.41. The number of morpholine rings is 2. The first-order valence-electron chi connectivity index (χ1n) is 6.60. The zero-order chi connectivity index (χ0) is 12.8. The average Bonchev–Trinajstić information content (AvgIpc) is 2.37. The quantitative estimate of drug-likeness (QED) is 0.717. The summed E-state index contributed by atoms with van der Waals surface area (Å²) in [6.45, 7) is 7.95. The maximum atomic E-state index is 10.7. The number of nitrogens with zero attached hydrogens (tertiary/aromatic N) is 2. The summed E-state index contributed by atoms with van der Waals surface area (Å²) in [6.07, 6.45) is -0.0467. The average molecular weight is 258 g/mol. The molecule has 2 heterocycles. The number of carbonyl (C=O) groups is 1. The second-order valence-electron chi connectivity index (χ2n) is 4.85. The lowest BCUT2D eigenvalue weighted by Gasteiger charge is -2.34. The lowest BCUT2D eigenvalue weighted by Crippen LogP contribution is -2.47. The highest BCUT2D eigenvalue weighted by molar-refractivity contribution is 5.67. The predicted octanol–water partition coefficient (Wildman–Crippen LogP) is -0.506. The van der Waals surface area contributed by atoms with E-state index in [0.29, 0.717) is 6.61 Å². The molecule has 0 aliphatic carbocycles. The van der Waals surface area contributed by atoms with Gasteiger partial charge >= 0.3 is 5.97 Å². The van der Waals surface area contributed by atoms with Crippen LogP contribution in [-0.2, 0) is 14.3 Å². The lowest BCUT2D eigenvalue weighted by atomic mass is 10.2. The Kier molecular flexibility index (Phi) is 5.37. The van der Waals surface area contributed by atoms with Gasteiger partial charge in [0.15, 0.2) is 0 Å². The minimum absolute atomic E-state index is 0.105. The first kappa shape index (κ1) is 13.7. The molecule has 104 valence electrons. The van der Waals surface area contributed by atoms with Gasteiger partial charge in [0.25, 0.3) is 0 Å². The van der Waals surface area contributed by atoms with Gasteiger partial charge in [-0.3, -0.25) is 14.6 Å². The molecule has 0 amide bonds. The third-order valence-corrected chi connectivity index (χ3v) is 3.46. The van der Waals surface area contributed by atoms with E-state index in [2.05, 4.69) is 9.80 Å². The molecular formula is C12H22N2O4. The number of carboxylic acids is 1. The Hall–Kier alpha value is -0.690. The monoisotopic (exact) mass is 258 g/mol. The Labute approximate surface area is 107 Å². The van der Waals surface area contributed by atoms with Crippen molar-refractivity contribution in [2.75, 3.05) is 59.1 Å². The Morgan fingerprint density at radius 1 is 1.11 bits per heavy atom. The molecule has 1 unspecified atom stereocenters. The van der Waals surface area contributed by atoms with Crippen LogP contribution in [0, 0.1) is 0 Å². The van der Waals surface area contributed by atoms with Gasteiger partial charge in [0, 0.05) is 39.3 Å². The third kappa shape index (κ3) is 4.53. The van der Waals surface area contributed by atoms with Crippen molar-refractivity contribution in [1.29, 1.82) is 0 Å². The summed E-state index contributed by atoms with van der Waals surface area (Å²) in [5, 5.41) is 8.77. The van der Waals surface area contributed by atoms with Gasteiger partial charge in [-0.2, -0.15) is 0 Å². The van der Waals surface area contributed by atoms with E-state index in [4.69, 9.17) is 14.6 Å². The maximum Gasteiger partial charge on any atom is 0.306 e. The minimum Gasteiger partial charge on any atom is -0.481 e. The van der Waals surface area contributed by atoms with Crippen LogP contribution in [-0.4, -0.2) is 86.1 Å². The van der Waals surface area contributed by atoms with Gasteiger partial charge in [-0.15, -0.1) is 0 Å². The summed E-state index contributed by atoms with van der Waals surface area (Å²) >= 11 is 0. The van der Waals surface area contributed by atoms with Crippen molar-refractivity contribution >= 4 is 5.97 Å². The molecule has 2 aliphatic heterocycles. The van der Waals surface area contributed by atoms with Crippen molar-refractivity contribution in [2.45, 2.75) is 12.5 Å². The van der Waals surface area contributed by atoms with E-state index in [9.17, 15) is 4.79 Å².